The molecule has 1 aromatic carbocycles. The SMILES string of the molecule is COc1c(Cl)cc(C(=O)N2CC(CO)CCC2C)cc1Cl. The van der Waals surface area contributed by atoms with E-state index in [1.807, 2.05) is 6.92 Å². The van der Waals surface area contributed by atoms with E-state index in [1.165, 1.54) is 7.11 Å². The fourth-order valence-corrected chi connectivity index (χ4v) is 3.30. The van der Waals surface area contributed by atoms with Crippen LogP contribution in [0.3, 0.4) is 0 Å². The van der Waals surface area contributed by atoms with Crippen LogP contribution in [-0.4, -0.2) is 42.2 Å². The summed E-state index contributed by atoms with van der Waals surface area (Å²) in [5, 5.41) is 9.94. The third-order valence-corrected chi connectivity index (χ3v) is 4.51. The lowest BCUT2D eigenvalue weighted by Gasteiger charge is -2.37. The van der Waals surface area contributed by atoms with Crippen molar-refractivity contribution in [2.75, 3.05) is 20.3 Å². The van der Waals surface area contributed by atoms with Gasteiger partial charge in [0.2, 0.25) is 0 Å². The average Bonchev–Trinajstić information content (AvgIpc) is 2.46. The number of hydrogen-bond acceptors (Lipinski definition) is 3. The van der Waals surface area contributed by atoms with E-state index in [-0.39, 0.29) is 24.5 Å². The number of aliphatic hydroxyl groups is 1. The number of likely N-dealkylation sites (tertiary alicyclic amines) is 1. The number of benzene rings is 1. The first-order valence-corrected chi connectivity index (χ1v) is 7.68. The Balaban J connectivity index is 2.26. The van der Waals surface area contributed by atoms with Gasteiger partial charge in [-0.1, -0.05) is 23.2 Å². The number of methoxy groups -OCH3 is 1. The zero-order chi connectivity index (χ0) is 15.6. The molecule has 2 unspecified atom stereocenters. The van der Waals surface area contributed by atoms with Crippen LogP contribution in [0.1, 0.15) is 30.1 Å². The summed E-state index contributed by atoms with van der Waals surface area (Å²) in [6, 6.07) is 3.29. The molecule has 1 saturated heterocycles. The van der Waals surface area contributed by atoms with E-state index < -0.39 is 0 Å². The van der Waals surface area contributed by atoms with Gasteiger partial charge in [-0.15, -0.1) is 0 Å². The lowest BCUT2D eigenvalue weighted by Crippen LogP contribution is -2.46. The monoisotopic (exact) mass is 331 g/mol. The van der Waals surface area contributed by atoms with Crippen LogP contribution in [0.4, 0.5) is 0 Å². The van der Waals surface area contributed by atoms with Gasteiger partial charge in [-0.05, 0) is 37.8 Å². The van der Waals surface area contributed by atoms with Crippen molar-refractivity contribution in [1.82, 2.24) is 4.90 Å². The van der Waals surface area contributed by atoms with E-state index in [0.29, 0.717) is 27.9 Å². The maximum Gasteiger partial charge on any atom is 0.254 e. The summed E-state index contributed by atoms with van der Waals surface area (Å²) >= 11 is 12.2. The second-order valence-corrected chi connectivity index (χ2v) is 6.22. The molecule has 0 bridgehead atoms. The van der Waals surface area contributed by atoms with E-state index >= 15 is 0 Å². The third kappa shape index (κ3) is 3.44. The summed E-state index contributed by atoms with van der Waals surface area (Å²) in [5.74, 6) is 0.385. The summed E-state index contributed by atoms with van der Waals surface area (Å²) in [6.45, 7) is 2.66. The Labute approximate surface area is 134 Å². The smallest absolute Gasteiger partial charge is 0.254 e. The topological polar surface area (TPSA) is 49.8 Å². The molecule has 0 spiro atoms. The van der Waals surface area contributed by atoms with Crippen LogP contribution in [0.5, 0.6) is 5.75 Å². The molecule has 1 aliphatic heterocycles. The molecular formula is C15H19Cl2NO3. The Morgan fingerprint density at radius 1 is 1.38 bits per heavy atom. The first-order chi connectivity index (χ1) is 9.97. The fourth-order valence-electron chi connectivity index (χ4n) is 2.66. The van der Waals surface area contributed by atoms with Gasteiger partial charge in [0.05, 0.1) is 17.2 Å². The number of aliphatic hydroxyl groups excluding tert-OH is 1. The zero-order valence-corrected chi connectivity index (χ0v) is 13.6. The third-order valence-electron chi connectivity index (χ3n) is 3.95. The Morgan fingerprint density at radius 3 is 2.52 bits per heavy atom. The summed E-state index contributed by atoms with van der Waals surface area (Å²) in [6.07, 6.45) is 1.82. The molecule has 0 saturated carbocycles. The average molecular weight is 332 g/mol. The van der Waals surface area contributed by atoms with Gasteiger partial charge in [-0.3, -0.25) is 4.79 Å². The number of ether oxygens (including phenoxy) is 1. The van der Waals surface area contributed by atoms with Crippen LogP contribution in [0.15, 0.2) is 12.1 Å². The molecule has 0 aliphatic carbocycles. The molecule has 0 aromatic heterocycles. The van der Waals surface area contributed by atoms with Gasteiger partial charge in [-0.25, -0.2) is 0 Å². The highest BCUT2D eigenvalue weighted by Gasteiger charge is 2.29. The standard InChI is InChI=1S/C15H19Cl2NO3/c1-9-3-4-10(8-19)7-18(9)15(20)11-5-12(16)14(21-2)13(17)6-11/h5-6,9-10,19H,3-4,7-8H2,1-2H3. The number of carbonyl (C=O) groups excluding carboxylic acids is 1. The van der Waals surface area contributed by atoms with Crippen molar-refractivity contribution >= 4 is 29.1 Å². The highest BCUT2D eigenvalue weighted by Crippen LogP contribution is 2.34. The van der Waals surface area contributed by atoms with Crippen molar-refractivity contribution in [3.05, 3.63) is 27.7 Å². The van der Waals surface area contributed by atoms with Gasteiger partial charge in [0.1, 0.15) is 0 Å². The minimum atomic E-state index is -0.118. The number of carbonyl (C=O) groups is 1. The quantitative estimate of drug-likeness (QED) is 0.924. The minimum absolute atomic E-state index is 0.0978. The van der Waals surface area contributed by atoms with Gasteiger partial charge in [-0.2, -0.15) is 0 Å². The maximum atomic E-state index is 12.7. The first-order valence-electron chi connectivity index (χ1n) is 6.92. The van der Waals surface area contributed by atoms with Crippen molar-refractivity contribution in [1.29, 1.82) is 0 Å². The van der Waals surface area contributed by atoms with Gasteiger partial charge >= 0.3 is 0 Å². The molecule has 6 heteroatoms. The molecule has 1 aromatic rings. The molecule has 1 N–H and O–H groups in total. The van der Waals surface area contributed by atoms with Gasteiger partial charge in [0.15, 0.2) is 5.75 Å². The van der Waals surface area contributed by atoms with Crippen LogP contribution in [0, 0.1) is 5.92 Å². The molecule has 2 atom stereocenters. The Hall–Kier alpha value is -0.970. The molecule has 0 radical (unpaired) electrons. The molecule has 116 valence electrons. The van der Waals surface area contributed by atoms with Crippen LogP contribution in [0.2, 0.25) is 10.0 Å². The number of piperidine rings is 1. The maximum absolute atomic E-state index is 12.7. The molecule has 1 fully saturated rings. The van der Waals surface area contributed by atoms with E-state index in [1.54, 1.807) is 17.0 Å². The van der Waals surface area contributed by atoms with Crippen molar-refractivity contribution in [2.24, 2.45) is 5.92 Å². The number of hydrogen-bond donors (Lipinski definition) is 1. The van der Waals surface area contributed by atoms with Crippen LogP contribution in [0.25, 0.3) is 0 Å². The van der Waals surface area contributed by atoms with Crippen molar-refractivity contribution in [3.63, 3.8) is 0 Å². The summed E-state index contributed by atoms with van der Waals surface area (Å²) in [7, 11) is 1.48. The van der Waals surface area contributed by atoms with Gasteiger partial charge < -0.3 is 14.7 Å². The zero-order valence-electron chi connectivity index (χ0n) is 12.1. The predicted molar refractivity (Wildman–Crippen MR) is 83.3 cm³/mol. The van der Waals surface area contributed by atoms with Crippen molar-refractivity contribution in [2.45, 2.75) is 25.8 Å². The normalized spacial score (nSPS) is 22.2. The Kier molecular flexibility index (Phi) is 5.36. The van der Waals surface area contributed by atoms with Gasteiger partial charge in [0, 0.05) is 24.8 Å². The second-order valence-electron chi connectivity index (χ2n) is 5.41. The molecular weight excluding hydrogens is 313 g/mol. The molecule has 4 nitrogen and oxygen atoms in total. The number of amides is 1. The van der Waals surface area contributed by atoms with Crippen LogP contribution in [-0.2, 0) is 0 Å². The number of halogens is 2. The largest absolute Gasteiger partial charge is 0.494 e. The van der Waals surface area contributed by atoms with Crippen molar-refractivity contribution in [3.8, 4) is 5.75 Å². The van der Waals surface area contributed by atoms with E-state index in [0.717, 1.165) is 12.8 Å². The van der Waals surface area contributed by atoms with Gasteiger partial charge in [0.25, 0.3) is 5.91 Å². The lowest BCUT2D eigenvalue weighted by atomic mass is 9.93. The molecule has 1 aliphatic rings. The summed E-state index contributed by atoms with van der Waals surface area (Å²) < 4.78 is 5.09. The van der Waals surface area contributed by atoms with Crippen LogP contribution < -0.4 is 4.74 Å². The minimum Gasteiger partial charge on any atom is -0.494 e. The Morgan fingerprint density at radius 2 is 2.00 bits per heavy atom. The second kappa shape index (κ2) is 6.86. The first kappa shape index (κ1) is 16.4. The molecule has 1 heterocycles. The lowest BCUT2D eigenvalue weighted by molar-refractivity contribution is 0.0489. The number of rotatable bonds is 3. The predicted octanol–water partition coefficient (Wildman–Crippen LogP) is 3.24. The Bertz CT molecular complexity index is 513. The van der Waals surface area contributed by atoms with Crippen LogP contribution >= 0.6 is 23.2 Å². The summed E-state index contributed by atoms with van der Waals surface area (Å²) in [4.78, 5) is 14.4. The van der Waals surface area contributed by atoms with Crippen molar-refractivity contribution < 1.29 is 14.6 Å². The summed E-state index contributed by atoms with van der Waals surface area (Å²) in [5.41, 5.74) is 0.441. The number of nitrogens with zero attached hydrogens (tertiary/aromatic N) is 1. The molecule has 21 heavy (non-hydrogen) atoms. The van der Waals surface area contributed by atoms with E-state index in [9.17, 15) is 9.90 Å². The highest BCUT2D eigenvalue weighted by molar-refractivity contribution is 6.37. The van der Waals surface area contributed by atoms with E-state index in [4.69, 9.17) is 27.9 Å². The molecule has 2 rings (SSSR count). The fraction of sp³-hybridized carbons (Fsp3) is 0.533. The molecule has 1 amide bonds. The van der Waals surface area contributed by atoms with E-state index in [2.05, 4.69) is 0 Å². The highest BCUT2D eigenvalue weighted by atomic mass is 35.5.